The summed E-state index contributed by atoms with van der Waals surface area (Å²) >= 11 is 0. The summed E-state index contributed by atoms with van der Waals surface area (Å²) in [6.45, 7) is 6.15. The largest absolute Gasteiger partial charge is 0.452 e. The van der Waals surface area contributed by atoms with Crippen LogP contribution >= 0.6 is 0 Å². The average molecular weight is 415 g/mol. The van der Waals surface area contributed by atoms with Crippen LogP contribution in [-0.4, -0.2) is 47.8 Å². The zero-order valence-corrected chi connectivity index (χ0v) is 17.9. The highest BCUT2D eigenvalue weighted by molar-refractivity contribution is 6.22. The lowest BCUT2D eigenvalue weighted by atomic mass is 9.86. The van der Waals surface area contributed by atoms with Gasteiger partial charge >= 0.3 is 5.97 Å². The van der Waals surface area contributed by atoms with Crippen LogP contribution in [-0.2, 0) is 9.53 Å². The molecule has 1 aliphatic heterocycles. The maximum atomic E-state index is 12.6. The van der Waals surface area contributed by atoms with Crippen molar-refractivity contribution in [3.8, 4) is 0 Å². The van der Waals surface area contributed by atoms with E-state index >= 15 is 0 Å². The van der Waals surface area contributed by atoms with Gasteiger partial charge in [-0.2, -0.15) is 0 Å². The van der Waals surface area contributed by atoms with Gasteiger partial charge in [-0.3, -0.25) is 19.3 Å². The Balaban J connectivity index is 1.58. The van der Waals surface area contributed by atoms with Gasteiger partial charge in [0.25, 0.3) is 17.7 Å². The molecular formula is C23H30N2O5. The van der Waals surface area contributed by atoms with Gasteiger partial charge in [-0.25, -0.2) is 4.79 Å². The van der Waals surface area contributed by atoms with Crippen molar-refractivity contribution in [2.75, 3.05) is 13.2 Å². The molecule has 3 amide bonds. The molecule has 1 heterocycles. The summed E-state index contributed by atoms with van der Waals surface area (Å²) in [4.78, 5) is 50.8. The number of ether oxygens (including phenoxy) is 1. The van der Waals surface area contributed by atoms with Gasteiger partial charge in [0, 0.05) is 12.6 Å². The van der Waals surface area contributed by atoms with E-state index in [4.69, 9.17) is 4.74 Å². The van der Waals surface area contributed by atoms with Crippen molar-refractivity contribution in [2.45, 2.75) is 58.9 Å². The first-order chi connectivity index (χ1) is 14.3. The molecule has 0 saturated heterocycles. The number of esters is 1. The fourth-order valence-corrected chi connectivity index (χ4v) is 4.00. The van der Waals surface area contributed by atoms with Gasteiger partial charge in [0.15, 0.2) is 6.61 Å². The standard InChI is InChI=1S/C23H30N2O5/c1-14(2)10-11-25-21(27)17-9-8-16(12-18(17)22(25)28)23(29)30-13-20(26)24-19-7-5-4-6-15(19)3/h8-9,12,14-15,19H,4-7,10-11,13H2,1-3H3,(H,24,26)/t15-,19-/m0/s1. The summed E-state index contributed by atoms with van der Waals surface area (Å²) in [5, 5.41) is 2.94. The van der Waals surface area contributed by atoms with E-state index in [0.717, 1.165) is 25.7 Å². The highest BCUT2D eigenvalue weighted by Crippen LogP contribution is 2.25. The second kappa shape index (κ2) is 9.41. The summed E-state index contributed by atoms with van der Waals surface area (Å²) < 4.78 is 5.13. The quantitative estimate of drug-likeness (QED) is 0.546. The van der Waals surface area contributed by atoms with Gasteiger partial charge in [0.2, 0.25) is 0 Å². The van der Waals surface area contributed by atoms with Crippen LogP contribution in [0.4, 0.5) is 0 Å². The Hall–Kier alpha value is -2.70. The van der Waals surface area contributed by atoms with E-state index in [1.54, 1.807) is 0 Å². The van der Waals surface area contributed by atoms with E-state index < -0.39 is 11.9 Å². The molecule has 0 bridgehead atoms. The molecule has 1 aromatic rings. The summed E-state index contributed by atoms with van der Waals surface area (Å²) in [6, 6.07) is 4.43. The molecule has 2 aliphatic rings. The van der Waals surface area contributed by atoms with Crippen LogP contribution in [0.15, 0.2) is 18.2 Å². The van der Waals surface area contributed by atoms with E-state index in [1.807, 2.05) is 13.8 Å². The molecule has 0 spiro atoms. The minimum Gasteiger partial charge on any atom is -0.452 e. The number of hydrogen-bond acceptors (Lipinski definition) is 5. The van der Waals surface area contributed by atoms with Crippen molar-refractivity contribution < 1.29 is 23.9 Å². The van der Waals surface area contributed by atoms with Gasteiger partial charge in [0.1, 0.15) is 0 Å². The highest BCUT2D eigenvalue weighted by atomic mass is 16.5. The third-order valence-electron chi connectivity index (χ3n) is 5.93. The normalized spacial score (nSPS) is 21.0. The number of carbonyl (C=O) groups is 4. The average Bonchev–Trinajstić information content (AvgIpc) is 2.96. The molecule has 2 atom stereocenters. The molecule has 1 aromatic carbocycles. The maximum Gasteiger partial charge on any atom is 0.338 e. The molecule has 7 heteroatoms. The Labute approximate surface area is 177 Å². The Morgan fingerprint density at radius 1 is 1.13 bits per heavy atom. The van der Waals surface area contributed by atoms with Crippen LogP contribution in [0.1, 0.15) is 83.9 Å². The van der Waals surface area contributed by atoms with E-state index in [1.165, 1.54) is 29.5 Å². The molecule has 0 aromatic heterocycles. The van der Waals surface area contributed by atoms with Crippen molar-refractivity contribution in [3.05, 3.63) is 34.9 Å². The summed E-state index contributed by atoms with van der Waals surface area (Å²) in [5.74, 6) is -0.967. The van der Waals surface area contributed by atoms with Crippen LogP contribution in [0.2, 0.25) is 0 Å². The topological polar surface area (TPSA) is 92.8 Å². The second-order valence-corrected chi connectivity index (χ2v) is 8.72. The van der Waals surface area contributed by atoms with Crippen molar-refractivity contribution in [3.63, 3.8) is 0 Å². The van der Waals surface area contributed by atoms with E-state index in [2.05, 4.69) is 12.2 Å². The Kier molecular flexibility index (Phi) is 6.90. The number of nitrogens with one attached hydrogen (secondary N) is 1. The first kappa shape index (κ1) is 22.0. The first-order valence-electron chi connectivity index (χ1n) is 10.7. The number of nitrogens with zero attached hydrogens (tertiary/aromatic N) is 1. The molecule has 1 fully saturated rings. The van der Waals surface area contributed by atoms with Crippen molar-refractivity contribution >= 4 is 23.7 Å². The number of fused-ring (bicyclic) bond motifs is 1. The lowest BCUT2D eigenvalue weighted by molar-refractivity contribution is -0.125. The maximum absolute atomic E-state index is 12.6. The first-order valence-corrected chi connectivity index (χ1v) is 10.7. The van der Waals surface area contributed by atoms with Crippen LogP contribution in [0.5, 0.6) is 0 Å². The van der Waals surface area contributed by atoms with Crippen molar-refractivity contribution in [2.24, 2.45) is 11.8 Å². The fraction of sp³-hybridized carbons (Fsp3) is 0.565. The zero-order valence-electron chi connectivity index (χ0n) is 17.9. The highest BCUT2D eigenvalue weighted by Gasteiger charge is 2.36. The monoisotopic (exact) mass is 414 g/mol. The number of hydrogen-bond donors (Lipinski definition) is 1. The van der Waals surface area contributed by atoms with Crippen LogP contribution in [0.25, 0.3) is 0 Å². The SMILES string of the molecule is CC(C)CCN1C(=O)c2ccc(C(=O)OCC(=O)N[C@H]3CCCC[C@@H]3C)cc2C1=O. The molecule has 0 radical (unpaired) electrons. The van der Waals surface area contributed by atoms with Crippen molar-refractivity contribution in [1.82, 2.24) is 10.2 Å². The van der Waals surface area contributed by atoms with Crippen molar-refractivity contribution in [1.29, 1.82) is 0 Å². The molecule has 1 saturated carbocycles. The molecule has 3 rings (SSSR count). The second-order valence-electron chi connectivity index (χ2n) is 8.72. The molecule has 0 unspecified atom stereocenters. The summed E-state index contributed by atoms with van der Waals surface area (Å²) in [5.41, 5.74) is 0.655. The van der Waals surface area contributed by atoms with Gasteiger partial charge in [-0.1, -0.05) is 33.6 Å². The summed E-state index contributed by atoms with van der Waals surface area (Å²) in [6.07, 6.45) is 5.01. The number of carbonyl (C=O) groups excluding carboxylic acids is 4. The molecule has 1 N–H and O–H groups in total. The lowest BCUT2D eigenvalue weighted by Crippen LogP contribution is -2.42. The molecule has 30 heavy (non-hydrogen) atoms. The number of imide groups is 1. The van der Waals surface area contributed by atoms with E-state index in [9.17, 15) is 19.2 Å². The Morgan fingerprint density at radius 3 is 2.53 bits per heavy atom. The number of rotatable bonds is 7. The minimum atomic E-state index is -0.689. The minimum absolute atomic E-state index is 0.116. The van der Waals surface area contributed by atoms with Gasteiger partial charge < -0.3 is 10.1 Å². The fourth-order valence-electron chi connectivity index (χ4n) is 4.00. The van der Waals surface area contributed by atoms with Crippen LogP contribution < -0.4 is 5.32 Å². The zero-order chi connectivity index (χ0) is 21.8. The molecule has 7 nitrogen and oxygen atoms in total. The summed E-state index contributed by atoms with van der Waals surface area (Å²) in [7, 11) is 0. The Bertz CT molecular complexity index is 848. The van der Waals surface area contributed by atoms with Gasteiger partial charge in [0.05, 0.1) is 16.7 Å². The molecule has 1 aliphatic carbocycles. The van der Waals surface area contributed by atoms with Gasteiger partial charge in [-0.05, 0) is 49.3 Å². The number of amides is 3. The lowest BCUT2D eigenvalue weighted by Gasteiger charge is -2.29. The predicted molar refractivity (Wildman–Crippen MR) is 111 cm³/mol. The predicted octanol–water partition coefficient (Wildman–Crippen LogP) is 3.18. The van der Waals surface area contributed by atoms with E-state index in [0.29, 0.717) is 23.9 Å². The Morgan fingerprint density at radius 2 is 1.83 bits per heavy atom. The third kappa shape index (κ3) is 4.89. The van der Waals surface area contributed by atoms with Gasteiger partial charge in [-0.15, -0.1) is 0 Å². The molecular weight excluding hydrogens is 384 g/mol. The number of benzene rings is 1. The smallest absolute Gasteiger partial charge is 0.338 e. The van der Waals surface area contributed by atoms with Crippen LogP contribution in [0, 0.1) is 11.8 Å². The third-order valence-corrected chi connectivity index (χ3v) is 5.93. The van der Waals surface area contributed by atoms with E-state index in [-0.39, 0.29) is 35.6 Å². The molecule has 162 valence electrons. The van der Waals surface area contributed by atoms with Crippen LogP contribution in [0.3, 0.4) is 0 Å².